The van der Waals surface area contributed by atoms with Crippen LogP contribution in [0.2, 0.25) is 0 Å². The van der Waals surface area contributed by atoms with E-state index in [9.17, 15) is 14.4 Å². The molecule has 0 spiro atoms. The van der Waals surface area contributed by atoms with E-state index in [1.165, 1.54) is 4.90 Å². The topological polar surface area (TPSA) is 78.5 Å². The number of imide groups is 1. The quantitative estimate of drug-likeness (QED) is 0.728. The number of rotatable bonds is 6. The molecule has 2 aliphatic heterocycles. The molecule has 27 heavy (non-hydrogen) atoms. The molecule has 0 bridgehead atoms. The first-order valence-electron chi connectivity index (χ1n) is 9.46. The molecule has 0 aromatic heterocycles. The fourth-order valence-corrected chi connectivity index (χ4v) is 3.77. The second kappa shape index (κ2) is 9.85. The lowest BCUT2D eigenvalue weighted by atomic mass is 9.85. The van der Waals surface area contributed by atoms with Crippen LogP contribution in [0, 0.1) is 11.8 Å². The van der Waals surface area contributed by atoms with Gasteiger partial charge in [0.1, 0.15) is 0 Å². The minimum atomic E-state index is -0.144. The molecule has 3 rings (SSSR count). The van der Waals surface area contributed by atoms with E-state index < -0.39 is 0 Å². The van der Waals surface area contributed by atoms with Gasteiger partial charge in [-0.05, 0) is 49.4 Å². The molecule has 2 atom stereocenters. The van der Waals surface area contributed by atoms with Gasteiger partial charge in [-0.15, -0.1) is 12.4 Å². The minimum Gasteiger partial charge on any atom is -0.326 e. The summed E-state index contributed by atoms with van der Waals surface area (Å²) in [5.41, 5.74) is 1.47. The number of anilines is 1. The van der Waals surface area contributed by atoms with Crippen molar-refractivity contribution >= 4 is 35.8 Å². The van der Waals surface area contributed by atoms with E-state index in [4.69, 9.17) is 0 Å². The lowest BCUT2D eigenvalue weighted by molar-refractivity contribution is -0.139. The summed E-state index contributed by atoms with van der Waals surface area (Å²) in [7, 11) is 0. The number of hydrogen-bond donors (Lipinski definition) is 2. The van der Waals surface area contributed by atoms with Crippen molar-refractivity contribution in [3.8, 4) is 0 Å². The zero-order chi connectivity index (χ0) is 18.5. The van der Waals surface area contributed by atoms with E-state index >= 15 is 0 Å². The third-order valence-electron chi connectivity index (χ3n) is 5.42. The van der Waals surface area contributed by atoms with E-state index in [0.717, 1.165) is 31.5 Å². The Morgan fingerprint density at radius 2 is 1.96 bits per heavy atom. The molecule has 6 nitrogen and oxygen atoms in total. The Morgan fingerprint density at radius 3 is 2.63 bits per heavy atom. The summed E-state index contributed by atoms with van der Waals surface area (Å²) in [6, 6.07) is 7.38. The highest BCUT2D eigenvalue weighted by Crippen LogP contribution is 2.25. The number of nitrogens with one attached hydrogen (secondary N) is 2. The van der Waals surface area contributed by atoms with Crippen LogP contribution in [-0.4, -0.2) is 35.7 Å². The molecule has 2 aliphatic rings. The second-order valence-electron chi connectivity index (χ2n) is 7.37. The molecule has 1 aromatic carbocycles. The maximum Gasteiger partial charge on any atom is 0.229 e. The predicted octanol–water partition coefficient (Wildman–Crippen LogP) is 2.72. The minimum absolute atomic E-state index is 0. The van der Waals surface area contributed by atoms with Crippen LogP contribution in [0.15, 0.2) is 24.3 Å². The van der Waals surface area contributed by atoms with Crippen molar-refractivity contribution in [3.63, 3.8) is 0 Å². The highest BCUT2D eigenvalue weighted by molar-refractivity contribution is 6.02. The van der Waals surface area contributed by atoms with Gasteiger partial charge in [-0.1, -0.05) is 25.1 Å². The van der Waals surface area contributed by atoms with Gasteiger partial charge in [-0.2, -0.15) is 0 Å². The molecule has 2 saturated heterocycles. The predicted molar refractivity (Wildman–Crippen MR) is 106 cm³/mol. The summed E-state index contributed by atoms with van der Waals surface area (Å²) in [5.74, 6) is 0.542. The average molecular weight is 394 g/mol. The van der Waals surface area contributed by atoms with Gasteiger partial charge in [0.2, 0.25) is 17.7 Å². The highest BCUT2D eigenvalue weighted by atomic mass is 35.5. The van der Waals surface area contributed by atoms with Gasteiger partial charge in [-0.3, -0.25) is 19.3 Å². The summed E-state index contributed by atoms with van der Waals surface area (Å²) in [6.07, 6.45) is 3.36. The summed E-state index contributed by atoms with van der Waals surface area (Å²) in [6.45, 7) is 4.39. The van der Waals surface area contributed by atoms with E-state index in [0.29, 0.717) is 23.9 Å². The van der Waals surface area contributed by atoms with Crippen molar-refractivity contribution in [3.05, 3.63) is 29.8 Å². The molecule has 148 valence electrons. The van der Waals surface area contributed by atoms with E-state index in [2.05, 4.69) is 17.6 Å². The van der Waals surface area contributed by atoms with E-state index in [1.807, 2.05) is 24.3 Å². The van der Waals surface area contributed by atoms with Gasteiger partial charge < -0.3 is 10.6 Å². The van der Waals surface area contributed by atoms with Crippen LogP contribution in [0.5, 0.6) is 0 Å². The molecular formula is C20H28ClN3O3. The summed E-state index contributed by atoms with van der Waals surface area (Å²) in [4.78, 5) is 37.5. The molecule has 7 heteroatoms. The molecule has 0 aliphatic carbocycles. The van der Waals surface area contributed by atoms with Gasteiger partial charge in [0.25, 0.3) is 0 Å². The number of amides is 3. The third-order valence-corrected chi connectivity index (χ3v) is 5.42. The van der Waals surface area contributed by atoms with Crippen molar-refractivity contribution in [2.24, 2.45) is 11.8 Å². The molecular weight excluding hydrogens is 366 g/mol. The van der Waals surface area contributed by atoms with Gasteiger partial charge >= 0.3 is 0 Å². The molecule has 2 N–H and O–H groups in total. The number of carbonyl (C=O) groups is 3. The molecule has 0 radical (unpaired) electrons. The Morgan fingerprint density at radius 1 is 1.26 bits per heavy atom. The van der Waals surface area contributed by atoms with Crippen LogP contribution in [0.4, 0.5) is 5.69 Å². The van der Waals surface area contributed by atoms with Gasteiger partial charge in [0.05, 0.1) is 6.54 Å². The van der Waals surface area contributed by atoms with Gasteiger partial charge in [0, 0.05) is 24.9 Å². The maximum atomic E-state index is 12.5. The van der Waals surface area contributed by atoms with Gasteiger partial charge in [-0.25, -0.2) is 0 Å². The summed E-state index contributed by atoms with van der Waals surface area (Å²) in [5, 5.41) is 6.37. The molecule has 2 fully saturated rings. The van der Waals surface area contributed by atoms with Crippen LogP contribution in [0.3, 0.4) is 0 Å². The number of nitrogens with zero attached hydrogens (tertiary/aromatic N) is 1. The molecule has 1 aromatic rings. The van der Waals surface area contributed by atoms with Crippen molar-refractivity contribution in [2.45, 2.75) is 45.6 Å². The monoisotopic (exact) mass is 393 g/mol. The van der Waals surface area contributed by atoms with Crippen LogP contribution < -0.4 is 10.6 Å². The summed E-state index contributed by atoms with van der Waals surface area (Å²) >= 11 is 0. The number of para-hydroxylation sites is 1. The normalized spacial score (nSPS) is 20.9. The first-order chi connectivity index (χ1) is 12.5. The van der Waals surface area contributed by atoms with Crippen LogP contribution in [-0.2, 0) is 20.9 Å². The van der Waals surface area contributed by atoms with Crippen LogP contribution >= 0.6 is 12.4 Å². The smallest absolute Gasteiger partial charge is 0.229 e. The molecule has 2 unspecified atom stereocenters. The second-order valence-corrected chi connectivity index (χ2v) is 7.37. The molecule has 2 heterocycles. The van der Waals surface area contributed by atoms with E-state index in [-0.39, 0.29) is 49.5 Å². The van der Waals surface area contributed by atoms with Crippen molar-refractivity contribution < 1.29 is 14.4 Å². The average Bonchev–Trinajstić information content (AvgIpc) is 2.96. The Kier molecular flexibility index (Phi) is 7.80. The SMILES string of the molecule is CC(CC(=O)Nc1ccccc1CN1C(=O)CCC1=O)C1CCCNC1.Cl. The number of piperidine rings is 1. The first-order valence-corrected chi connectivity index (χ1v) is 9.46. The summed E-state index contributed by atoms with van der Waals surface area (Å²) < 4.78 is 0. The van der Waals surface area contributed by atoms with Crippen molar-refractivity contribution in [1.82, 2.24) is 10.2 Å². The number of likely N-dealkylation sites (tertiary alicyclic amines) is 1. The molecule has 0 saturated carbocycles. The van der Waals surface area contributed by atoms with Crippen molar-refractivity contribution in [2.75, 3.05) is 18.4 Å². The first kappa shape index (κ1) is 21.4. The fraction of sp³-hybridized carbons (Fsp3) is 0.550. The van der Waals surface area contributed by atoms with E-state index in [1.54, 1.807) is 0 Å². The Labute approximate surface area is 166 Å². The number of carbonyl (C=O) groups excluding carboxylic acids is 3. The zero-order valence-corrected chi connectivity index (χ0v) is 16.5. The Balaban J connectivity index is 0.00000261. The maximum absolute atomic E-state index is 12.5. The lowest BCUT2D eigenvalue weighted by Gasteiger charge is -2.28. The Hall–Kier alpha value is -1.92. The van der Waals surface area contributed by atoms with Crippen molar-refractivity contribution in [1.29, 1.82) is 0 Å². The number of hydrogen-bond acceptors (Lipinski definition) is 4. The number of benzene rings is 1. The third kappa shape index (κ3) is 5.53. The van der Waals surface area contributed by atoms with Crippen LogP contribution in [0.1, 0.15) is 44.6 Å². The lowest BCUT2D eigenvalue weighted by Crippen LogP contribution is -2.34. The van der Waals surface area contributed by atoms with Gasteiger partial charge in [0.15, 0.2) is 0 Å². The molecule has 3 amide bonds. The van der Waals surface area contributed by atoms with Crippen LogP contribution in [0.25, 0.3) is 0 Å². The highest BCUT2D eigenvalue weighted by Gasteiger charge is 2.29. The number of halogens is 1. The fourth-order valence-electron chi connectivity index (χ4n) is 3.77. The zero-order valence-electron chi connectivity index (χ0n) is 15.7. The Bertz CT molecular complexity index is 673. The standard InChI is InChI=1S/C20H27N3O3.ClH/c1-14(15-6-4-10-21-12-15)11-18(24)22-17-7-3-2-5-16(17)13-23-19(25)8-9-20(23)26;/h2-3,5,7,14-15,21H,4,6,8-13H2,1H3,(H,22,24);1H. The largest absolute Gasteiger partial charge is 0.326 e.